The van der Waals surface area contributed by atoms with Crippen molar-refractivity contribution in [3.63, 3.8) is 0 Å². The molecule has 0 radical (unpaired) electrons. The zero-order valence-electron chi connectivity index (χ0n) is 7.43. The second kappa shape index (κ2) is 3.16. The number of cyclic esters (lactones) is 2. The number of nitro benzene ring substituents is 1. The second-order valence-corrected chi connectivity index (χ2v) is 3.04. The first-order valence-corrected chi connectivity index (χ1v) is 4.10. The van der Waals surface area contributed by atoms with Crippen LogP contribution in [0.1, 0.15) is 15.9 Å². The summed E-state index contributed by atoms with van der Waals surface area (Å²) in [5.74, 6) is -1.47. The smallest absolute Gasteiger partial charge is 0.346 e. The summed E-state index contributed by atoms with van der Waals surface area (Å²) in [5.41, 5.74) is 0.352. The predicted molar refractivity (Wildman–Crippen MR) is 47.2 cm³/mol. The number of rotatable bonds is 1. The zero-order chi connectivity index (χ0) is 11.0. The minimum atomic E-state index is -0.829. The molecule has 0 bridgehead atoms. The number of fused-ring (bicyclic) bond motifs is 1. The highest BCUT2D eigenvalue weighted by Gasteiger charge is 2.26. The Balaban J connectivity index is 2.52. The lowest BCUT2D eigenvalue weighted by molar-refractivity contribution is -0.384. The first kappa shape index (κ1) is 9.32. The Bertz CT molecular complexity index is 479. The van der Waals surface area contributed by atoms with Crippen LogP contribution in [0.25, 0.3) is 0 Å². The van der Waals surface area contributed by atoms with Crippen LogP contribution >= 0.6 is 0 Å². The van der Waals surface area contributed by atoms with Crippen molar-refractivity contribution in [2.24, 2.45) is 0 Å². The van der Waals surface area contributed by atoms with Gasteiger partial charge in [-0.2, -0.15) is 0 Å². The van der Waals surface area contributed by atoms with E-state index < -0.39 is 16.9 Å². The number of ether oxygens (including phenoxy) is 1. The van der Waals surface area contributed by atoms with Gasteiger partial charge < -0.3 is 4.74 Å². The Kier molecular flexibility index (Phi) is 1.96. The van der Waals surface area contributed by atoms with Gasteiger partial charge >= 0.3 is 11.9 Å². The summed E-state index contributed by atoms with van der Waals surface area (Å²) in [6.45, 7) is 0. The number of nitrogens with zero attached hydrogens (tertiary/aromatic N) is 1. The molecule has 2 rings (SSSR count). The molecule has 76 valence electrons. The summed E-state index contributed by atoms with van der Waals surface area (Å²) in [6.07, 6.45) is -0.0287. The molecule has 6 nitrogen and oxygen atoms in total. The molecule has 1 aliphatic heterocycles. The van der Waals surface area contributed by atoms with Crippen LogP contribution in [-0.4, -0.2) is 16.9 Å². The number of benzene rings is 1. The van der Waals surface area contributed by atoms with Gasteiger partial charge in [0.2, 0.25) is 0 Å². The van der Waals surface area contributed by atoms with Gasteiger partial charge in [0.15, 0.2) is 0 Å². The minimum absolute atomic E-state index is 0.0287. The van der Waals surface area contributed by atoms with Crippen LogP contribution in [0.2, 0.25) is 0 Å². The molecule has 0 saturated carbocycles. The van der Waals surface area contributed by atoms with Gasteiger partial charge in [-0.05, 0) is 5.56 Å². The molecule has 0 amide bonds. The first-order chi connectivity index (χ1) is 7.08. The van der Waals surface area contributed by atoms with Gasteiger partial charge in [0.25, 0.3) is 5.69 Å². The van der Waals surface area contributed by atoms with Crippen LogP contribution in [0.5, 0.6) is 0 Å². The van der Waals surface area contributed by atoms with Gasteiger partial charge in [0, 0.05) is 12.1 Å². The maximum Gasteiger partial charge on any atom is 0.346 e. The van der Waals surface area contributed by atoms with Gasteiger partial charge in [0.05, 0.1) is 16.9 Å². The molecular weight excluding hydrogens is 202 g/mol. The fraction of sp³-hybridized carbons (Fsp3) is 0.111. The van der Waals surface area contributed by atoms with Gasteiger partial charge in [-0.3, -0.25) is 14.9 Å². The summed E-state index contributed by atoms with van der Waals surface area (Å²) >= 11 is 0. The molecule has 0 aliphatic carbocycles. The number of carbonyl (C=O) groups is 2. The fourth-order valence-corrected chi connectivity index (χ4v) is 1.37. The van der Waals surface area contributed by atoms with E-state index in [0.717, 1.165) is 6.07 Å². The zero-order valence-corrected chi connectivity index (χ0v) is 7.43. The third kappa shape index (κ3) is 1.56. The predicted octanol–water partition coefficient (Wildman–Crippen LogP) is 0.834. The van der Waals surface area contributed by atoms with E-state index in [9.17, 15) is 19.7 Å². The summed E-state index contributed by atoms with van der Waals surface area (Å²) in [7, 11) is 0. The van der Waals surface area contributed by atoms with E-state index in [0.29, 0.717) is 5.56 Å². The molecule has 0 atom stereocenters. The van der Waals surface area contributed by atoms with Gasteiger partial charge in [0.1, 0.15) is 0 Å². The highest BCUT2D eigenvalue weighted by Crippen LogP contribution is 2.22. The van der Waals surface area contributed by atoms with E-state index in [1.165, 1.54) is 12.1 Å². The van der Waals surface area contributed by atoms with Crippen LogP contribution < -0.4 is 0 Å². The van der Waals surface area contributed by atoms with Crippen molar-refractivity contribution in [1.82, 2.24) is 0 Å². The molecule has 1 heterocycles. The van der Waals surface area contributed by atoms with Crippen molar-refractivity contribution in [3.8, 4) is 0 Å². The van der Waals surface area contributed by atoms with Crippen LogP contribution in [0, 0.1) is 10.1 Å². The Labute approximate surface area is 83.6 Å². The van der Waals surface area contributed by atoms with E-state index in [1.54, 1.807) is 0 Å². The third-order valence-corrected chi connectivity index (χ3v) is 2.07. The fourth-order valence-electron chi connectivity index (χ4n) is 1.37. The van der Waals surface area contributed by atoms with Crippen LogP contribution in [0.4, 0.5) is 5.69 Å². The van der Waals surface area contributed by atoms with Gasteiger partial charge in [-0.1, -0.05) is 6.07 Å². The number of nitro groups is 1. The monoisotopic (exact) mass is 207 g/mol. The van der Waals surface area contributed by atoms with Crippen LogP contribution in [0.15, 0.2) is 18.2 Å². The van der Waals surface area contributed by atoms with Crippen molar-refractivity contribution < 1.29 is 19.2 Å². The number of hydrogen-bond donors (Lipinski definition) is 0. The highest BCUT2D eigenvalue weighted by molar-refractivity contribution is 6.02. The van der Waals surface area contributed by atoms with E-state index in [-0.39, 0.29) is 17.7 Å². The van der Waals surface area contributed by atoms with E-state index >= 15 is 0 Å². The number of esters is 2. The minimum Gasteiger partial charge on any atom is -0.389 e. The molecule has 0 fully saturated rings. The van der Waals surface area contributed by atoms with Crippen LogP contribution in [-0.2, 0) is 16.0 Å². The largest absolute Gasteiger partial charge is 0.389 e. The molecule has 0 unspecified atom stereocenters. The molecule has 1 aromatic carbocycles. The number of carbonyl (C=O) groups excluding carboxylic acids is 2. The lowest BCUT2D eigenvalue weighted by Crippen LogP contribution is -2.22. The molecule has 1 aliphatic rings. The Hall–Kier alpha value is -2.24. The Morgan fingerprint density at radius 1 is 1.33 bits per heavy atom. The SMILES string of the molecule is O=C1Cc2ccc([N+](=O)[O-])cc2C(=O)O1. The van der Waals surface area contributed by atoms with Crippen molar-refractivity contribution in [2.45, 2.75) is 6.42 Å². The Morgan fingerprint density at radius 3 is 2.73 bits per heavy atom. The summed E-state index contributed by atoms with van der Waals surface area (Å²) in [5, 5.41) is 10.4. The summed E-state index contributed by atoms with van der Waals surface area (Å²) < 4.78 is 4.35. The van der Waals surface area contributed by atoms with Crippen molar-refractivity contribution in [1.29, 1.82) is 0 Å². The topological polar surface area (TPSA) is 86.5 Å². The van der Waals surface area contributed by atoms with Crippen LogP contribution in [0.3, 0.4) is 0 Å². The van der Waals surface area contributed by atoms with Gasteiger partial charge in [-0.25, -0.2) is 4.79 Å². The number of non-ortho nitro benzene ring substituents is 1. The maximum absolute atomic E-state index is 11.2. The molecule has 0 aromatic heterocycles. The number of hydrogen-bond acceptors (Lipinski definition) is 5. The van der Waals surface area contributed by atoms with Gasteiger partial charge in [-0.15, -0.1) is 0 Å². The molecular formula is C9H5NO5. The third-order valence-electron chi connectivity index (χ3n) is 2.07. The average molecular weight is 207 g/mol. The van der Waals surface area contributed by atoms with E-state index in [1.807, 2.05) is 0 Å². The normalized spacial score (nSPS) is 14.4. The molecule has 1 aromatic rings. The molecule has 0 spiro atoms. The van der Waals surface area contributed by atoms with E-state index in [2.05, 4.69) is 4.74 Å². The lowest BCUT2D eigenvalue weighted by Gasteiger charge is -2.12. The molecule has 15 heavy (non-hydrogen) atoms. The van der Waals surface area contributed by atoms with E-state index in [4.69, 9.17) is 0 Å². The second-order valence-electron chi connectivity index (χ2n) is 3.04. The van der Waals surface area contributed by atoms with Crippen molar-refractivity contribution in [3.05, 3.63) is 39.4 Å². The summed E-state index contributed by atoms with van der Waals surface area (Å²) in [4.78, 5) is 31.9. The summed E-state index contributed by atoms with van der Waals surface area (Å²) in [6, 6.07) is 3.76. The Morgan fingerprint density at radius 2 is 2.07 bits per heavy atom. The molecule has 6 heteroatoms. The van der Waals surface area contributed by atoms with Crippen molar-refractivity contribution >= 4 is 17.6 Å². The molecule has 0 saturated heterocycles. The quantitative estimate of drug-likeness (QED) is 0.294. The highest BCUT2D eigenvalue weighted by atomic mass is 16.6. The first-order valence-electron chi connectivity index (χ1n) is 4.10. The maximum atomic E-state index is 11.2. The van der Waals surface area contributed by atoms with Crippen molar-refractivity contribution in [2.75, 3.05) is 0 Å². The standard InChI is InChI=1S/C9H5NO5/c11-8-3-5-1-2-6(10(13)14)4-7(5)9(12)15-8/h1-2,4H,3H2. The average Bonchev–Trinajstić information content (AvgIpc) is 2.16. The molecule has 0 N–H and O–H groups in total. The lowest BCUT2D eigenvalue weighted by atomic mass is 10.0.